The summed E-state index contributed by atoms with van der Waals surface area (Å²) < 4.78 is 5.67. The molecule has 5 nitrogen and oxygen atoms in total. The second-order valence-electron chi connectivity index (χ2n) is 6.81. The first-order valence-electron chi connectivity index (χ1n) is 9.47. The zero-order valence-corrected chi connectivity index (χ0v) is 16.5. The molecule has 0 bridgehead atoms. The highest BCUT2D eigenvalue weighted by molar-refractivity contribution is 6.04. The van der Waals surface area contributed by atoms with Gasteiger partial charge in [0, 0.05) is 17.8 Å². The van der Waals surface area contributed by atoms with Gasteiger partial charge in [-0.3, -0.25) is 9.59 Å². The lowest BCUT2D eigenvalue weighted by molar-refractivity contribution is -0.127. The molecule has 0 radical (unpaired) electrons. The molecule has 0 saturated heterocycles. The number of rotatable bonds is 7. The summed E-state index contributed by atoms with van der Waals surface area (Å²) in [6.07, 6.45) is -0.623. The first-order chi connectivity index (χ1) is 14.0. The zero-order valence-electron chi connectivity index (χ0n) is 16.5. The second kappa shape index (κ2) is 9.55. The largest absolute Gasteiger partial charge is 0.481 e. The number of amides is 2. The van der Waals surface area contributed by atoms with Crippen molar-refractivity contribution in [1.82, 2.24) is 5.32 Å². The molecule has 0 aromatic heterocycles. The summed E-state index contributed by atoms with van der Waals surface area (Å²) in [5, 5.41) is 5.70. The van der Waals surface area contributed by atoms with E-state index in [-0.39, 0.29) is 11.8 Å². The minimum absolute atomic E-state index is 0.194. The number of anilines is 1. The fourth-order valence-electron chi connectivity index (χ4n) is 2.75. The molecule has 0 aliphatic carbocycles. The van der Waals surface area contributed by atoms with Crippen molar-refractivity contribution in [3.05, 3.63) is 95.6 Å². The molecule has 1 atom stereocenters. The van der Waals surface area contributed by atoms with Crippen LogP contribution in [0, 0.1) is 6.92 Å². The van der Waals surface area contributed by atoms with Crippen LogP contribution in [0.5, 0.6) is 5.75 Å². The minimum Gasteiger partial charge on any atom is -0.481 e. The van der Waals surface area contributed by atoms with E-state index in [1.54, 1.807) is 25.1 Å². The van der Waals surface area contributed by atoms with E-state index in [1.165, 1.54) is 0 Å². The number of carbonyl (C=O) groups is 2. The number of nitrogens with one attached hydrogen (secondary N) is 2. The summed E-state index contributed by atoms with van der Waals surface area (Å²) in [7, 11) is 0. The van der Waals surface area contributed by atoms with Gasteiger partial charge < -0.3 is 15.4 Å². The fraction of sp³-hybridized carbons (Fsp3) is 0.167. The predicted molar refractivity (Wildman–Crippen MR) is 114 cm³/mol. The quantitative estimate of drug-likeness (QED) is 0.633. The molecule has 0 aliphatic rings. The molecule has 29 heavy (non-hydrogen) atoms. The van der Waals surface area contributed by atoms with Crippen LogP contribution in [-0.4, -0.2) is 17.9 Å². The van der Waals surface area contributed by atoms with E-state index in [1.807, 2.05) is 67.6 Å². The summed E-state index contributed by atoms with van der Waals surface area (Å²) in [5.41, 5.74) is 3.23. The number of benzene rings is 3. The number of para-hydroxylation sites is 1. The molecule has 0 aliphatic heterocycles. The summed E-state index contributed by atoms with van der Waals surface area (Å²) >= 11 is 0. The number of carbonyl (C=O) groups excluding carboxylic acids is 2. The molecule has 0 spiro atoms. The van der Waals surface area contributed by atoms with Crippen molar-refractivity contribution >= 4 is 17.5 Å². The molecule has 1 unspecified atom stereocenters. The van der Waals surface area contributed by atoms with Crippen LogP contribution in [0.25, 0.3) is 0 Å². The Morgan fingerprint density at radius 2 is 1.66 bits per heavy atom. The molecule has 0 heterocycles. The van der Waals surface area contributed by atoms with Crippen LogP contribution in [0.3, 0.4) is 0 Å². The summed E-state index contributed by atoms with van der Waals surface area (Å²) in [5.74, 6) is 0.239. The normalized spacial score (nSPS) is 11.4. The van der Waals surface area contributed by atoms with Gasteiger partial charge in [0.15, 0.2) is 6.10 Å². The van der Waals surface area contributed by atoms with Crippen LogP contribution in [0.15, 0.2) is 78.9 Å². The molecule has 3 aromatic rings. The van der Waals surface area contributed by atoms with Gasteiger partial charge in [0.1, 0.15) is 5.75 Å². The van der Waals surface area contributed by atoms with E-state index in [2.05, 4.69) is 10.6 Å². The highest BCUT2D eigenvalue weighted by atomic mass is 16.5. The van der Waals surface area contributed by atoms with Crippen molar-refractivity contribution < 1.29 is 14.3 Å². The number of hydrogen-bond donors (Lipinski definition) is 2. The van der Waals surface area contributed by atoms with E-state index in [0.29, 0.717) is 17.9 Å². The van der Waals surface area contributed by atoms with Gasteiger partial charge in [0.2, 0.25) is 0 Å². The van der Waals surface area contributed by atoms with Gasteiger partial charge in [-0.1, -0.05) is 48.0 Å². The van der Waals surface area contributed by atoms with Crippen molar-refractivity contribution in [2.45, 2.75) is 26.5 Å². The Morgan fingerprint density at radius 1 is 0.931 bits per heavy atom. The number of aryl methyl sites for hydroxylation is 1. The van der Waals surface area contributed by atoms with Crippen molar-refractivity contribution in [3.63, 3.8) is 0 Å². The van der Waals surface area contributed by atoms with Gasteiger partial charge in [-0.05, 0) is 55.8 Å². The van der Waals surface area contributed by atoms with Crippen LogP contribution in [0.4, 0.5) is 5.69 Å². The standard InChI is InChI=1S/C24H24N2O3/c1-17-11-13-22(14-12-17)29-18(2)23(27)25-16-19-7-6-8-20(15-19)24(28)26-21-9-4-3-5-10-21/h3-15,18H,16H2,1-2H3,(H,25,27)(H,26,28). The maximum atomic E-state index is 12.4. The van der Waals surface area contributed by atoms with Crippen molar-refractivity contribution in [1.29, 1.82) is 0 Å². The van der Waals surface area contributed by atoms with Gasteiger partial charge in [-0.25, -0.2) is 0 Å². The van der Waals surface area contributed by atoms with Crippen LogP contribution >= 0.6 is 0 Å². The summed E-state index contributed by atoms with van der Waals surface area (Å²) in [6, 6.07) is 24.0. The van der Waals surface area contributed by atoms with Gasteiger partial charge in [-0.2, -0.15) is 0 Å². The van der Waals surface area contributed by atoms with Gasteiger partial charge >= 0.3 is 0 Å². The Labute approximate surface area is 170 Å². The average Bonchev–Trinajstić information content (AvgIpc) is 2.74. The van der Waals surface area contributed by atoms with Gasteiger partial charge in [0.05, 0.1) is 0 Å². The predicted octanol–water partition coefficient (Wildman–Crippen LogP) is 4.33. The van der Waals surface area contributed by atoms with E-state index in [4.69, 9.17) is 4.74 Å². The monoisotopic (exact) mass is 388 g/mol. The van der Waals surface area contributed by atoms with Crippen LogP contribution in [0.2, 0.25) is 0 Å². The second-order valence-corrected chi connectivity index (χ2v) is 6.81. The molecule has 0 saturated carbocycles. The van der Waals surface area contributed by atoms with E-state index >= 15 is 0 Å². The highest BCUT2D eigenvalue weighted by Crippen LogP contribution is 2.14. The van der Waals surface area contributed by atoms with Crippen molar-refractivity contribution in [2.24, 2.45) is 0 Å². The minimum atomic E-state index is -0.623. The average molecular weight is 388 g/mol. The lowest BCUT2D eigenvalue weighted by Crippen LogP contribution is -2.35. The Hall–Kier alpha value is -3.60. The molecular weight excluding hydrogens is 364 g/mol. The Morgan fingerprint density at radius 3 is 2.38 bits per heavy atom. The first-order valence-corrected chi connectivity index (χ1v) is 9.47. The highest BCUT2D eigenvalue weighted by Gasteiger charge is 2.14. The van der Waals surface area contributed by atoms with Crippen LogP contribution in [-0.2, 0) is 11.3 Å². The van der Waals surface area contributed by atoms with Crippen molar-refractivity contribution in [3.8, 4) is 5.75 Å². The third kappa shape index (κ3) is 5.94. The van der Waals surface area contributed by atoms with Gasteiger partial charge in [0.25, 0.3) is 11.8 Å². The van der Waals surface area contributed by atoms with E-state index in [9.17, 15) is 9.59 Å². The maximum Gasteiger partial charge on any atom is 0.261 e. The molecule has 0 fully saturated rings. The Bertz CT molecular complexity index is 969. The van der Waals surface area contributed by atoms with Gasteiger partial charge in [-0.15, -0.1) is 0 Å². The summed E-state index contributed by atoms with van der Waals surface area (Å²) in [4.78, 5) is 24.8. The molecular formula is C24H24N2O3. The zero-order chi connectivity index (χ0) is 20.6. The molecule has 3 rings (SSSR count). The third-order valence-corrected chi connectivity index (χ3v) is 4.39. The maximum absolute atomic E-state index is 12.4. The molecule has 148 valence electrons. The molecule has 2 amide bonds. The molecule has 5 heteroatoms. The first kappa shape index (κ1) is 20.1. The molecule has 2 N–H and O–H groups in total. The lowest BCUT2D eigenvalue weighted by atomic mass is 10.1. The number of hydrogen-bond acceptors (Lipinski definition) is 3. The van der Waals surface area contributed by atoms with E-state index < -0.39 is 6.10 Å². The van der Waals surface area contributed by atoms with E-state index in [0.717, 1.165) is 16.8 Å². The fourth-order valence-corrected chi connectivity index (χ4v) is 2.75. The molecule has 3 aromatic carbocycles. The van der Waals surface area contributed by atoms with Crippen LogP contribution in [0.1, 0.15) is 28.4 Å². The third-order valence-electron chi connectivity index (χ3n) is 4.39. The number of ether oxygens (including phenoxy) is 1. The SMILES string of the molecule is Cc1ccc(OC(C)C(=O)NCc2cccc(C(=O)Nc3ccccc3)c2)cc1. The topological polar surface area (TPSA) is 67.4 Å². The smallest absolute Gasteiger partial charge is 0.261 e. The van der Waals surface area contributed by atoms with Crippen molar-refractivity contribution in [2.75, 3.05) is 5.32 Å². The summed E-state index contributed by atoms with van der Waals surface area (Å²) in [6.45, 7) is 4.01. The Kier molecular flexibility index (Phi) is 6.63. The van der Waals surface area contributed by atoms with Crippen LogP contribution < -0.4 is 15.4 Å². The Balaban J connectivity index is 1.55. The lowest BCUT2D eigenvalue weighted by Gasteiger charge is -2.15.